The summed E-state index contributed by atoms with van der Waals surface area (Å²) in [7, 11) is 0. The third kappa shape index (κ3) is 3.46. The lowest BCUT2D eigenvalue weighted by atomic mass is 9.96. The molecule has 0 unspecified atom stereocenters. The number of amides is 1. The summed E-state index contributed by atoms with van der Waals surface area (Å²) < 4.78 is 0.843. The molecule has 4 nitrogen and oxygen atoms in total. The summed E-state index contributed by atoms with van der Waals surface area (Å²) in [5, 5.41) is 9.58. The summed E-state index contributed by atoms with van der Waals surface area (Å²) in [5.74, 6) is 0. The molecule has 0 aromatic heterocycles. The minimum Gasteiger partial charge on any atom is -0.465 e. The van der Waals surface area contributed by atoms with Crippen LogP contribution in [0.4, 0.5) is 4.79 Å². The van der Waals surface area contributed by atoms with E-state index in [1.807, 2.05) is 32.9 Å². The zero-order valence-corrected chi connectivity index (χ0v) is 14.1. The molecule has 1 saturated carbocycles. The van der Waals surface area contributed by atoms with Crippen LogP contribution in [0.2, 0.25) is 0 Å². The van der Waals surface area contributed by atoms with E-state index in [0.717, 1.165) is 29.2 Å². The smallest absolute Gasteiger partial charge is 0.408 e. The fraction of sp³-hybridized carbons (Fsp3) is 0.500. The van der Waals surface area contributed by atoms with Crippen LogP contribution >= 0.6 is 15.9 Å². The van der Waals surface area contributed by atoms with Crippen LogP contribution in [0.25, 0.3) is 0 Å². The Bertz CT molecular complexity index is 573. The maximum atomic E-state index is 11.7. The van der Waals surface area contributed by atoms with Crippen LogP contribution in [-0.2, 0) is 6.42 Å². The third-order valence-electron chi connectivity index (χ3n) is 3.81. The lowest BCUT2D eigenvalue weighted by Gasteiger charge is -2.40. The molecule has 0 aliphatic heterocycles. The molecule has 0 bridgehead atoms. The first-order valence-corrected chi connectivity index (χ1v) is 7.75. The van der Waals surface area contributed by atoms with Crippen molar-refractivity contribution >= 4 is 28.3 Å². The van der Waals surface area contributed by atoms with Crippen molar-refractivity contribution in [1.29, 1.82) is 0 Å². The maximum Gasteiger partial charge on any atom is 0.408 e. The molecule has 1 aromatic rings. The van der Waals surface area contributed by atoms with Crippen LogP contribution in [0.5, 0.6) is 0 Å². The Balaban J connectivity index is 2.31. The molecular formula is C16H20BrNO3. The number of aldehydes is 1. The van der Waals surface area contributed by atoms with Crippen molar-refractivity contribution in [3.05, 3.63) is 33.8 Å². The predicted molar refractivity (Wildman–Crippen MR) is 84.8 cm³/mol. The molecule has 0 atom stereocenters. The van der Waals surface area contributed by atoms with Gasteiger partial charge in [-0.3, -0.25) is 9.69 Å². The Kier molecular flexibility index (Phi) is 4.15. The van der Waals surface area contributed by atoms with E-state index >= 15 is 0 Å². The van der Waals surface area contributed by atoms with Gasteiger partial charge >= 0.3 is 6.09 Å². The highest BCUT2D eigenvalue weighted by atomic mass is 79.9. The molecule has 1 N–H and O–H groups in total. The van der Waals surface area contributed by atoms with E-state index in [4.69, 9.17) is 0 Å². The van der Waals surface area contributed by atoms with Gasteiger partial charge in [-0.05, 0) is 63.8 Å². The highest BCUT2D eigenvalue weighted by Gasteiger charge is 2.53. The number of halogens is 1. The van der Waals surface area contributed by atoms with Crippen molar-refractivity contribution in [3.8, 4) is 0 Å². The maximum absolute atomic E-state index is 11.7. The zero-order valence-electron chi connectivity index (χ0n) is 12.5. The summed E-state index contributed by atoms with van der Waals surface area (Å²) in [5.41, 5.74) is 0.805. The molecule has 2 rings (SSSR count). The lowest BCUT2D eigenvalue weighted by molar-refractivity contribution is 0.0606. The molecule has 1 aromatic carbocycles. The number of rotatable bonds is 4. The molecule has 0 saturated heterocycles. The molecule has 1 aliphatic carbocycles. The van der Waals surface area contributed by atoms with Gasteiger partial charge in [0.15, 0.2) is 0 Å². The number of hydrogen-bond donors (Lipinski definition) is 1. The molecule has 0 radical (unpaired) electrons. The fourth-order valence-electron chi connectivity index (χ4n) is 3.05. The van der Waals surface area contributed by atoms with E-state index in [1.165, 1.54) is 0 Å². The van der Waals surface area contributed by atoms with Crippen LogP contribution in [0.15, 0.2) is 22.7 Å². The van der Waals surface area contributed by atoms with E-state index in [1.54, 1.807) is 11.0 Å². The van der Waals surface area contributed by atoms with E-state index in [9.17, 15) is 14.7 Å². The number of hydrogen-bond acceptors (Lipinski definition) is 2. The highest BCUT2D eigenvalue weighted by molar-refractivity contribution is 9.10. The molecule has 114 valence electrons. The van der Waals surface area contributed by atoms with Gasteiger partial charge < -0.3 is 5.11 Å². The summed E-state index contributed by atoms with van der Waals surface area (Å²) in [6.45, 7) is 5.75. The van der Waals surface area contributed by atoms with Crippen molar-refractivity contribution in [2.45, 2.75) is 51.1 Å². The van der Waals surface area contributed by atoms with Gasteiger partial charge in [-0.25, -0.2) is 4.79 Å². The largest absolute Gasteiger partial charge is 0.465 e. The number of carbonyl (C=O) groups is 2. The van der Waals surface area contributed by atoms with Gasteiger partial charge in [0.05, 0.1) is 5.54 Å². The standard InChI is InChI=1S/C16H20BrNO3/c1-15(2,3)18(14(20)21)16(4-5-16)9-11-6-12(10-19)8-13(17)7-11/h6-8,10H,4-5,9H2,1-3H3,(H,20,21). The topological polar surface area (TPSA) is 57.6 Å². The molecule has 1 fully saturated rings. The van der Waals surface area contributed by atoms with Crippen molar-refractivity contribution in [3.63, 3.8) is 0 Å². The molecule has 1 aliphatic rings. The Morgan fingerprint density at radius 3 is 2.43 bits per heavy atom. The van der Waals surface area contributed by atoms with Crippen molar-refractivity contribution < 1.29 is 14.7 Å². The molecule has 0 spiro atoms. The highest BCUT2D eigenvalue weighted by Crippen LogP contribution is 2.47. The lowest BCUT2D eigenvalue weighted by Crippen LogP contribution is -2.53. The van der Waals surface area contributed by atoms with Gasteiger partial charge in [0, 0.05) is 15.6 Å². The van der Waals surface area contributed by atoms with Gasteiger partial charge in [0.2, 0.25) is 0 Å². The van der Waals surface area contributed by atoms with Crippen LogP contribution in [0, 0.1) is 0 Å². The summed E-state index contributed by atoms with van der Waals surface area (Å²) >= 11 is 3.40. The number of benzene rings is 1. The Morgan fingerprint density at radius 1 is 1.38 bits per heavy atom. The van der Waals surface area contributed by atoms with E-state index in [2.05, 4.69) is 15.9 Å². The fourth-order valence-corrected chi connectivity index (χ4v) is 3.61. The molecule has 21 heavy (non-hydrogen) atoms. The van der Waals surface area contributed by atoms with Crippen molar-refractivity contribution in [2.24, 2.45) is 0 Å². The second-order valence-corrected chi connectivity index (χ2v) is 7.62. The van der Waals surface area contributed by atoms with Gasteiger partial charge in [0.25, 0.3) is 0 Å². The quantitative estimate of drug-likeness (QED) is 0.828. The SMILES string of the molecule is CC(C)(C)N(C(=O)O)C1(Cc2cc(Br)cc(C=O)c2)CC1. The van der Waals surface area contributed by atoms with Crippen LogP contribution in [0.1, 0.15) is 49.5 Å². The Hall–Kier alpha value is -1.36. The first kappa shape index (κ1) is 16.0. The average molecular weight is 354 g/mol. The number of nitrogens with zero attached hydrogens (tertiary/aromatic N) is 1. The van der Waals surface area contributed by atoms with Crippen molar-refractivity contribution in [1.82, 2.24) is 4.90 Å². The van der Waals surface area contributed by atoms with Gasteiger partial charge in [-0.2, -0.15) is 0 Å². The number of carbonyl (C=O) groups excluding carboxylic acids is 1. The van der Waals surface area contributed by atoms with Crippen LogP contribution < -0.4 is 0 Å². The monoisotopic (exact) mass is 353 g/mol. The second-order valence-electron chi connectivity index (χ2n) is 6.70. The van der Waals surface area contributed by atoms with E-state index < -0.39 is 11.6 Å². The Labute approximate surface area is 133 Å². The second kappa shape index (κ2) is 5.44. The van der Waals surface area contributed by atoms with Crippen LogP contribution in [0.3, 0.4) is 0 Å². The Morgan fingerprint density at radius 2 is 2.00 bits per heavy atom. The zero-order chi connectivity index (χ0) is 15.8. The molecule has 0 heterocycles. The first-order chi connectivity index (χ1) is 9.68. The number of carboxylic acid groups (broad SMARTS) is 1. The van der Waals surface area contributed by atoms with Crippen LogP contribution in [-0.4, -0.2) is 33.5 Å². The average Bonchev–Trinajstić information content (AvgIpc) is 3.05. The van der Waals surface area contributed by atoms with Crippen molar-refractivity contribution in [2.75, 3.05) is 0 Å². The minimum atomic E-state index is -0.884. The van der Waals surface area contributed by atoms with Gasteiger partial charge in [-0.1, -0.05) is 15.9 Å². The summed E-state index contributed by atoms with van der Waals surface area (Å²) in [6, 6.07) is 5.55. The van der Waals surface area contributed by atoms with E-state index in [-0.39, 0.29) is 5.54 Å². The first-order valence-electron chi connectivity index (χ1n) is 6.96. The minimum absolute atomic E-state index is 0.342. The third-order valence-corrected chi connectivity index (χ3v) is 4.27. The summed E-state index contributed by atoms with van der Waals surface area (Å²) in [6.07, 6.45) is 2.29. The normalized spacial score (nSPS) is 16.4. The molecule has 1 amide bonds. The van der Waals surface area contributed by atoms with Gasteiger partial charge in [0.1, 0.15) is 6.29 Å². The van der Waals surface area contributed by atoms with Gasteiger partial charge in [-0.15, -0.1) is 0 Å². The molecular weight excluding hydrogens is 334 g/mol. The van der Waals surface area contributed by atoms with E-state index in [0.29, 0.717) is 12.0 Å². The predicted octanol–water partition coefficient (Wildman–Crippen LogP) is 4.12. The summed E-state index contributed by atoms with van der Waals surface area (Å²) in [4.78, 5) is 24.2. The molecule has 5 heteroatoms.